The maximum absolute atomic E-state index is 13.3. The van der Waals surface area contributed by atoms with Crippen molar-refractivity contribution in [1.29, 1.82) is 0 Å². The Morgan fingerprint density at radius 1 is 1.03 bits per heavy atom. The lowest BCUT2D eigenvalue weighted by Gasteiger charge is -2.14. The van der Waals surface area contributed by atoms with Crippen molar-refractivity contribution in [3.05, 3.63) is 83.2 Å². The van der Waals surface area contributed by atoms with Gasteiger partial charge in [0.2, 0.25) is 5.91 Å². The Morgan fingerprint density at radius 2 is 1.71 bits per heavy atom. The third kappa shape index (κ3) is 5.96. The zero-order valence-electron chi connectivity index (χ0n) is 18.6. The van der Waals surface area contributed by atoms with E-state index >= 15 is 0 Å². The van der Waals surface area contributed by atoms with E-state index in [2.05, 4.69) is 15.0 Å². The summed E-state index contributed by atoms with van der Waals surface area (Å²) in [6.45, 7) is -0.519. The summed E-state index contributed by atoms with van der Waals surface area (Å²) in [6.07, 6.45) is 0. The molecule has 1 aromatic heterocycles. The molecule has 35 heavy (non-hydrogen) atoms. The summed E-state index contributed by atoms with van der Waals surface area (Å²) >= 11 is 1.09. The largest absolute Gasteiger partial charge is 0.494 e. The van der Waals surface area contributed by atoms with Crippen molar-refractivity contribution in [2.75, 3.05) is 17.7 Å². The number of nitrogens with zero attached hydrogens (tertiary/aromatic N) is 2. The molecule has 10 heteroatoms. The van der Waals surface area contributed by atoms with Crippen molar-refractivity contribution in [2.45, 2.75) is 18.7 Å². The number of rotatable bonds is 9. The van der Waals surface area contributed by atoms with Crippen LogP contribution in [0.5, 0.6) is 11.5 Å². The topological polar surface area (TPSA) is 82.5 Å². The molecule has 0 aliphatic rings. The van der Waals surface area contributed by atoms with Gasteiger partial charge in [0.05, 0.1) is 29.0 Å². The van der Waals surface area contributed by atoms with E-state index in [1.807, 2.05) is 6.92 Å². The Morgan fingerprint density at radius 3 is 2.40 bits per heavy atom. The molecular weight excluding hydrogens is 476 g/mol. The summed E-state index contributed by atoms with van der Waals surface area (Å²) in [5.74, 6) is 0.377. The molecule has 0 unspecified atom stereocenters. The van der Waals surface area contributed by atoms with E-state index in [0.717, 1.165) is 11.8 Å². The van der Waals surface area contributed by atoms with Gasteiger partial charge in [-0.1, -0.05) is 23.9 Å². The zero-order chi connectivity index (χ0) is 24.8. The predicted molar refractivity (Wildman–Crippen MR) is 131 cm³/mol. The smallest absolute Gasteiger partial charge is 0.387 e. The number of benzene rings is 3. The number of aromatic nitrogens is 2. The molecule has 0 bridgehead atoms. The van der Waals surface area contributed by atoms with Crippen LogP contribution in [0.3, 0.4) is 0 Å². The Balaban J connectivity index is 1.58. The molecule has 7 nitrogen and oxygen atoms in total. The highest BCUT2D eigenvalue weighted by molar-refractivity contribution is 7.99. The third-order valence-electron chi connectivity index (χ3n) is 4.85. The number of carbonyl (C=O) groups excluding carboxylic acids is 1. The van der Waals surface area contributed by atoms with Gasteiger partial charge in [-0.2, -0.15) is 8.78 Å². The summed E-state index contributed by atoms with van der Waals surface area (Å²) < 4.78 is 36.1. The minimum Gasteiger partial charge on any atom is -0.494 e. The zero-order valence-corrected chi connectivity index (χ0v) is 19.4. The van der Waals surface area contributed by atoms with Gasteiger partial charge in [0.15, 0.2) is 5.16 Å². The van der Waals surface area contributed by atoms with Gasteiger partial charge in [-0.15, -0.1) is 0 Å². The van der Waals surface area contributed by atoms with E-state index in [1.165, 1.54) is 28.8 Å². The molecule has 0 fully saturated rings. The van der Waals surface area contributed by atoms with Crippen molar-refractivity contribution in [1.82, 2.24) is 9.55 Å². The van der Waals surface area contributed by atoms with E-state index in [9.17, 15) is 18.4 Å². The van der Waals surface area contributed by atoms with Crippen LogP contribution < -0.4 is 20.3 Å². The minimum atomic E-state index is -2.95. The van der Waals surface area contributed by atoms with Gasteiger partial charge in [0.25, 0.3) is 5.56 Å². The van der Waals surface area contributed by atoms with E-state index < -0.39 is 6.61 Å². The van der Waals surface area contributed by atoms with Crippen molar-refractivity contribution in [2.24, 2.45) is 0 Å². The standard InChI is InChI=1S/C25H21F2N3O4S/c1-2-33-18-11-7-16(8-12-18)28-22(31)15-35-25-29-21-6-4-3-5-20(21)23(32)30(25)17-9-13-19(14-10-17)34-24(26)27/h3-14,24H,2,15H2,1H3,(H,28,31). The first-order chi connectivity index (χ1) is 16.9. The molecule has 0 saturated heterocycles. The average molecular weight is 498 g/mol. The maximum atomic E-state index is 13.3. The molecule has 0 saturated carbocycles. The molecule has 0 spiro atoms. The van der Waals surface area contributed by atoms with E-state index in [-0.39, 0.29) is 28.1 Å². The van der Waals surface area contributed by atoms with E-state index in [1.54, 1.807) is 48.5 Å². The number of hydrogen-bond donors (Lipinski definition) is 1. The quantitative estimate of drug-likeness (QED) is 0.255. The van der Waals surface area contributed by atoms with Crippen LogP contribution in [0, 0.1) is 0 Å². The first kappa shape index (κ1) is 24.2. The lowest BCUT2D eigenvalue weighted by molar-refractivity contribution is -0.113. The molecule has 180 valence electrons. The van der Waals surface area contributed by atoms with Crippen LogP contribution in [-0.4, -0.2) is 34.4 Å². The van der Waals surface area contributed by atoms with Crippen LogP contribution in [0.4, 0.5) is 14.5 Å². The van der Waals surface area contributed by atoms with Gasteiger partial charge < -0.3 is 14.8 Å². The number of fused-ring (bicyclic) bond motifs is 1. The van der Waals surface area contributed by atoms with Gasteiger partial charge >= 0.3 is 6.61 Å². The fourth-order valence-electron chi connectivity index (χ4n) is 3.34. The molecule has 0 atom stereocenters. The van der Waals surface area contributed by atoms with Gasteiger partial charge in [0.1, 0.15) is 11.5 Å². The molecule has 1 amide bonds. The molecule has 4 aromatic rings. The van der Waals surface area contributed by atoms with Crippen molar-refractivity contribution in [3.63, 3.8) is 0 Å². The number of ether oxygens (including phenoxy) is 2. The molecule has 1 heterocycles. The fraction of sp³-hybridized carbons (Fsp3) is 0.160. The number of halogens is 2. The first-order valence-corrected chi connectivity index (χ1v) is 11.7. The number of carbonyl (C=O) groups is 1. The highest BCUT2D eigenvalue weighted by atomic mass is 32.2. The number of nitrogens with one attached hydrogen (secondary N) is 1. The summed E-state index contributed by atoms with van der Waals surface area (Å²) in [5, 5.41) is 3.48. The average Bonchev–Trinajstić information content (AvgIpc) is 2.85. The van der Waals surface area contributed by atoms with Gasteiger partial charge in [0, 0.05) is 5.69 Å². The molecule has 1 N–H and O–H groups in total. The van der Waals surface area contributed by atoms with Crippen LogP contribution in [0.1, 0.15) is 6.92 Å². The van der Waals surface area contributed by atoms with Crippen LogP contribution in [0.15, 0.2) is 82.7 Å². The predicted octanol–water partition coefficient (Wildman–Crippen LogP) is 5.12. The number of amides is 1. The molecule has 4 rings (SSSR count). The lowest BCUT2D eigenvalue weighted by atomic mass is 10.2. The summed E-state index contributed by atoms with van der Waals surface area (Å²) in [6, 6.07) is 19.5. The highest BCUT2D eigenvalue weighted by Crippen LogP contribution is 2.24. The van der Waals surface area contributed by atoms with Gasteiger partial charge in [-0.3, -0.25) is 14.2 Å². The molecule has 0 aliphatic carbocycles. The number of alkyl halides is 2. The van der Waals surface area contributed by atoms with Crippen LogP contribution in [0.25, 0.3) is 16.6 Å². The Kier molecular flexibility index (Phi) is 7.61. The summed E-state index contributed by atoms with van der Waals surface area (Å²) in [4.78, 5) is 30.4. The lowest BCUT2D eigenvalue weighted by Crippen LogP contribution is -2.23. The summed E-state index contributed by atoms with van der Waals surface area (Å²) in [5.41, 5.74) is 1.16. The SMILES string of the molecule is CCOc1ccc(NC(=O)CSc2nc3ccccc3c(=O)n2-c2ccc(OC(F)F)cc2)cc1. The first-order valence-electron chi connectivity index (χ1n) is 10.7. The Bertz CT molecular complexity index is 1380. The molecule has 3 aromatic carbocycles. The Hall–Kier alpha value is -3.92. The van der Waals surface area contributed by atoms with Crippen molar-refractivity contribution in [3.8, 4) is 17.2 Å². The van der Waals surface area contributed by atoms with Crippen LogP contribution in [-0.2, 0) is 4.79 Å². The monoisotopic (exact) mass is 497 g/mol. The second-order valence-corrected chi connectivity index (χ2v) is 8.16. The molecule has 0 aliphatic heterocycles. The van der Waals surface area contributed by atoms with Gasteiger partial charge in [-0.05, 0) is 67.6 Å². The van der Waals surface area contributed by atoms with E-state index in [4.69, 9.17) is 4.74 Å². The third-order valence-corrected chi connectivity index (χ3v) is 5.79. The van der Waals surface area contributed by atoms with Crippen molar-refractivity contribution < 1.29 is 23.0 Å². The minimum absolute atomic E-state index is 0.00936. The number of para-hydroxylation sites is 1. The fourth-order valence-corrected chi connectivity index (χ4v) is 4.15. The normalized spacial score (nSPS) is 11.0. The number of thioether (sulfide) groups is 1. The second kappa shape index (κ2) is 11.0. The number of anilines is 1. The maximum Gasteiger partial charge on any atom is 0.387 e. The second-order valence-electron chi connectivity index (χ2n) is 7.22. The Labute approximate surface area is 203 Å². The molecule has 0 radical (unpaired) electrons. The highest BCUT2D eigenvalue weighted by Gasteiger charge is 2.15. The van der Waals surface area contributed by atoms with Gasteiger partial charge in [-0.25, -0.2) is 4.98 Å². The van der Waals surface area contributed by atoms with Crippen LogP contribution >= 0.6 is 11.8 Å². The number of hydrogen-bond acceptors (Lipinski definition) is 6. The van der Waals surface area contributed by atoms with E-state index in [0.29, 0.717) is 34.6 Å². The molecular formula is C25H21F2N3O4S. The van der Waals surface area contributed by atoms with Crippen LogP contribution in [0.2, 0.25) is 0 Å². The van der Waals surface area contributed by atoms with Crippen molar-refractivity contribution >= 4 is 34.3 Å². The summed E-state index contributed by atoms with van der Waals surface area (Å²) in [7, 11) is 0.